The predicted octanol–water partition coefficient (Wildman–Crippen LogP) is 8.50. The standard InChI is InChI=1S/C24H32Br2O2/c1-18(2)6-4-7-19(3)12-13-27-22-8-5-9-23(15-22)28-24-14-20(16-25)10-11-21(24)17-26/h5,8-11,14-15,18-19H,4,6-7,12-13,16-17H2,1-3H3. The monoisotopic (exact) mass is 510 g/mol. The molecule has 0 saturated carbocycles. The highest BCUT2D eigenvalue weighted by Gasteiger charge is 2.08. The zero-order chi connectivity index (χ0) is 20.4. The molecular weight excluding hydrogens is 480 g/mol. The maximum absolute atomic E-state index is 6.16. The van der Waals surface area contributed by atoms with Gasteiger partial charge in [0.25, 0.3) is 0 Å². The van der Waals surface area contributed by atoms with Gasteiger partial charge in [-0.15, -0.1) is 0 Å². The van der Waals surface area contributed by atoms with Gasteiger partial charge < -0.3 is 9.47 Å². The van der Waals surface area contributed by atoms with E-state index in [2.05, 4.69) is 70.8 Å². The average Bonchev–Trinajstić information content (AvgIpc) is 2.68. The Bertz CT molecular complexity index is 716. The summed E-state index contributed by atoms with van der Waals surface area (Å²) < 4.78 is 12.1. The lowest BCUT2D eigenvalue weighted by atomic mass is 9.98. The van der Waals surface area contributed by atoms with E-state index in [0.717, 1.165) is 52.4 Å². The summed E-state index contributed by atoms with van der Waals surface area (Å²) in [6.07, 6.45) is 5.00. The Morgan fingerprint density at radius 3 is 2.36 bits per heavy atom. The number of alkyl halides is 2. The minimum absolute atomic E-state index is 0.701. The van der Waals surface area contributed by atoms with Crippen LogP contribution in [0.25, 0.3) is 0 Å². The van der Waals surface area contributed by atoms with Gasteiger partial charge in [0.05, 0.1) is 6.61 Å². The first-order chi connectivity index (χ1) is 13.5. The maximum atomic E-state index is 6.16. The molecule has 0 spiro atoms. The van der Waals surface area contributed by atoms with Gasteiger partial charge in [-0.3, -0.25) is 0 Å². The number of halogens is 2. The third kappa shape index (κ3) is 8.16. The molecule has 1 unspecified atom stereocenters. The molecule has 0 saturated heterocycles. The average molecular weight is 512 g/mol. The molecule has 0 N–H and O–H groups in total. The molecule has 0 fully saturated rings. The normalized spacial score (nSPS) is 12.2. The maximum Gasteiger partial charge on any atom is 0.131 e. The molecule has 0 aromatic heterocycles. The van der Waals surface area contributed by atoms with E-state index in [1.807, 2.05) is 24.3 Å². The van der Waals surface area contributed by atoms with E-state index in [4.69, 9.17) is 9.47 Å². The fourth-order valence-corrected chi connectivity index (χ4v) is 3.85. The Labute approximate surface area is 187 Å². The molecule has 154 valence electrons. The summed E-state index contributed by atoms with van der Waals surface area (Å²) in [5, 5.41) is 1.57. The topological polar surface area (TPSA) is 18.5 Å². The Kier molecular flexibility index (Phi) is 10.4. The fourth-order valence-electron chi connectivity index (χ4n) is 3.04. The molecule has 0 aliphatic heterocycles. The Morgan fingerprint density at radius 2 is 1.64 bits per heavy atom. The molecule has 2 rings (SSSR count). The minimum Gasteiger partial charge on any atom is -0.493 e. The molecule has 4 heteroatoms. The SMILES string of the molecule is CC(C)CCCC(C)CCOc1cccc(Oc2cc(CBr)ccc2CBr)c1. The first-order valence-electron chi connectivity index (χ1n) is 10.2. The number of rotatable bonds is 12. The summed E-state index contributed by atoms with van der Waals surface area (Å²) in [6.45, 7) is 7.65. The molecule has 2 aromatic carbocycles. The van der Waals surface area contributed by atoms with E-state index in [1.165, 1.54) is 24.8 Å². The first-order valence-corrected chi connectivity index (χ1v) is 12.4. The number of benzene rings is 2. The Morgan fingerprint density at radius 1 is 0.857 bits per heavy atom. The summed E-state index contributed by atoms with van der Waals surface area (Å²) in [4.78, 5) is 0. The summed E-state index contributed by atoms with van der Waals surface area (Å²) >= 11 is 7.05. The second kappa shape index (κ2) is 12.5. The predicted molar refractivity (Wildman–Crippen MR) is 126 cm³/mol. The summed E-state index contributed by atoms with van der Waals surface area (Å²) in [6, 6.07) is 14.2. The summed E-state index contributed by atoms with van der Waals surface area (Å²) in [7, 11) is 0. The third-order valence-electron chi connectivity index (χ3n) is 4.82. The zero-order valence-corrected chi connectivity index (χ0v) is 20.4. The fraction of sp³-hybridized carbons (Fsp3) is 0.500. The van der Waals surface area contributed by atoms with Gasteiger partial charge >= 0.3 is 0 Å². The lowest BCUT2D eigenvalue weighted by Crippen LogP contribution is -2.05. The van der Waals surface area contributed by atoms with Crippen molar-refractivity contribution in [3.63, 3.8) is 0 Å². The summed E-state index contributed by atoms with van der Waals surface area (Å²) in [5.41, 5.74) is 2.32. The van der Waals surface area contributed by atoms with Gasteiger partial charge in [0, 0.05) is 22.3 Å². The van der Waals surface area contributed by atoms with Crippen molar-refractivity contribution in [2.75, 3.05) is 6.61 Å². The van der Waals surface area contributed by atoms with Crippen LogP contribution in [0.1, 0.15) is 57.6 Å². The van der Waals surface area contributed by atoms with Crippen LogP contribution in [0.5, 0.6) is 17.2 Å². The van der Waals surface area contributed by atoms with Gasteiger partial charge in [-0.25, -0.2) is 0 Å². The molecule has 0 radical (unpaired) electrons. The van der Waals surface area contributed by atoms with Crippen LogP contribution in [0.15, 0.2) is 42.5 Å². The van der Waals surface area contributed by atoms with Gasteiger partial charge in [0.1, 0.15) is 17.2 Å². The number of hydrogen-bond donors (Lipinski definition) is 0. The zero-order valence-electron chi connectivity index (χ0n) is 17.2. The van der Waals surface area contributed by atoms with Crippen LogP contribution >= 0.6 is 31.9 Å². The molecule has 28 heavy (non-hydrogen) atoms. The molecule has 0 heterocycles. The molecule has 0 aliphatic rings. The van der Waals surface area contributed by atoms with Crippen molar-refractivity contribution < 1.29 is 9.47 Å². The highest BCUT2D eigenvalue weighted by Crippen LogP contribution is 2.31. The van der Waals surface area contributed by atoms with Crippen LogP contribution in [-0.2, 0) is 10.7 Å². The van der Waals surface area contributed by atoms with Crippen LogP contribution in [-0.4, -0.2) is 6.61 Å². The van der Waals surface area contributed by atoms with Crippen molar-refractivity contribution >= 4 is 31.9 Å². The van der Waals surface area contributed by atoms with Gasteiger partial charge in [0.2, 0.25) is 0 Å². The highest BCUT2D eigenvalue weighted by molar-refractivity contribution is 9.08. The van der Waals surface area contributed by atoms with Gasteiger partial charge in [0.15, 0.2) is 0 Å². The van der Waals surface area contributed by atoms with Crippen LogP contribution < -0.4 is 9.47 Å². The van der Waals surface area contributed by atoms with E-state index < -0.39 is 0 Å². The molecule has 0 aliphatic carbocycles. The largest absolute Gasteiger partial charge is 0.493 e. The van der Waals surface area contributed by atoms with Crippen LogP contribution in [0.4, 0.5) is 0 Å². The Hall–Kier alpha value is -1.000. The van der Waals surface area contributed by atoms with Crippen LogP contribution in [0.3, 0.4) is 0 Å². The molecule has 1 atom stereocenters. The van der Waals surface area contributed by atoms with E-state index in [9.17, 15) is 0 Å². The van der Waals surface area contributed by atoms with Crippen molar-refractivity contribution in [2.24, 2.45) is 11.8 Å². The van der Waals surface area contributed by atoms with Gasteiger partial charge in [-0.05, 0) is 42.0 Å². The van der Waals surface area contributed by atoms with E-state index in [0.29, 0.717) is 5.92 Å². The van der Waals surface area contributed by atoms with Gasteiger partial charge in [-0.1, -0.05) is 90.1 Å². The lowest BCUT2D eigenvalue weighted by molar-refractivity contribution is 0.275. The van der Waals surface area contributed by atoms with Crippen molar-refractivity contribution in [2.45, 2.75) is 57.1 Å². The van der Waals surface area contributed by atoms with Crippen molar-refractivity contribution in [1.82, 2.24) is 0 Å². The molecule has 0 bridgehead atoms. The quantitative estimate of drug-likeness (QED) is 0.266. The number of ether oxygens (including phenoxy) is 2. The number of hydrogen-bond acceptors (Lipinski definition) is 2. The smallest absolute Gasteiger partial charge is 0.131 e. The van der Waals surface area contributed by atoms with Crippen molar-refractivity contribution in [3.8, 4) is 17.2 Å². The van der Waals surface area contributed by atoms with Crippen molar-refractivity contribution in [3.05, 3.63) is 53.6 Å². The molecule has 0 amide bonds. The van der Waals surface area contributed by atoms with Crippen molar-refractivity contribution in [1.29, 1.82) is 0 Å². The lowest BCUT2D eigenvalue weighted by Gasteiger charge is -2.14. The molecular formula is C24H32Br2O2. The Balaban J connectivity index is 1.89. The first kappa shape index (κ1) is 23.3. The second-order valence-electron chi connectivity index (χ2n) is 7.85. The summed E-state index contributed by atoms with van der Waals surface area (Å²) in [5.74, 6) is 4.04. The third-order valence-corrected chi connectivity index (χ3v) is 6.07. The van der Waals surface area contributed by atoms with Crippen LogP contribution in [0, 0.1) is 11.8 Å². The van der Waals surface area contributed by atoms with E-state index in [1.54, 1.807) is 0 Å². The molecule has 2 nitrogen and oxygen atoms in total. The van der Waals surface area contributed by atoms with E-state index in [-0.39, 0.29) is 0 Å². The minimum atomic E-state index is 0.701. The van der Waals surface area contributed by atoms with Crippen LogP contribution in [0.2, 0.25) is 0 Å². The van der Waals surface area contributed by atoms with E-state index >= 15 is 0 Å². The molecule has 2 aromatic rings. The highest BCUT2D eigenvalue weighted by atomic mass is 79.9. The second-order valence-corrected chi connectivity index (χ2v) is 8.97. The van der Waals surface area contributed by atoms with Gasteiger partial charge in [-0.2, -0.15) is 0 Å².